The Kier molecular flexibility index (Phi) is 8.61. The van der Waals surface area contributed by atoms with Gasteiger partial charge in [-0.1, -0.05) is 0 Å². The van der Waals surface area contributed by atoms with E-state index in [1.165, 1.54) is 18.2 Å². The standard InChI is InChI=1S/C28H35F2N7O2/c1-35(2)9-6-8-31-24-15-22-19(13-20(24)29)28(39)34-26(32-22)14-18-17-12-21(30)25(16-23(17)33-27(18)38)37(5)11-7-10-36(3)4/h12-16,31H,6-11H2,1-5H3,(H,33,38)(H,32,34,39)/b18-14-. The van der Waals surface area contributed by atoms with Gasteiger partial charge in [0.1, 0.15) is 17.5 Å². The summed E-state index contributed by atoms with van der Waals surface area (Å²) in [5.41, 5.74) is 1.41. The summed E-state index contributed by atoms with van der Waals surface area (Å²) >= 11 is 0. The molecule has 0 spiro atoms. The number of aromatic amines is 1. The molecule has 0 radical (unpaired) electrons. The summed E-state index contributed by atoms with van der Waals surface area (Å²) in [6.07, 6.45) is 3.08. The minimum Gasteiger partial charge on any atom is -0.383 e. The topological polar surface area (TPSA) is 96.6 Å². The number of amides is 1. The van der Waals surface area contributed by atoms with Crippen LogP contribution in [0.1, 0.15) is 24.2 Å². The van der Waals surface area contributed by atoms with E-state index in [0.29, 0.717) is 30.0 Å². The maximum absolute atomic E-state index is 15.1. The SMILES string of the molecule is CN(C)CCCNc1cc2nc(/C=C3\C(=O)Nc4cc(N(C)CCCN(C)C)c(F)cc43)[nH]c(=O)c2cc1F. The summed E-state index contributed by atoms with van der Waals surface area (Å²) in [5, 5.41) is 5.92. The van der Waals surface area contributed by atoms with Crippen molar-refractivity contribution in [3.63, 3.8) is 0 Å². The molecule has 2 heterocycles. The Morgan fingerprint density at radius 2 is 1.64 bits per heavy atom. The van der Waals surface area contributed by atoms with Crippen molar-refractivity contribution in [3.8, 4) is 0 Å². The van der Waals surface area contributed by atoms with E-state index >= 15 is 4.39 Å². The molecule has 0 saturated carbocycles. The molecule has 0 unspecified atom stereocenters. The van der Waals surface area contributed by atoms with Crippen LogP contribution in [-0.2, 0) is 4.79 Å². The monoisotopic (exact) mass is 539 g/mol. The highest BCUT2D eigenvalue weighted by Gasteiger charge is 2.27. The van der Waals surface area contributed by atoms with Gasteiger partial charge in [0.25, 0.3) is 11.5 Å². The molecule has 0 fully saturated rings. The lowest BCUT2D eigenvalue weighted by molar-refractivity contribution is -0.110. The highest BCUT2D eigenvalue weighted by atomic mass is 19.1. The van der Waals surface area contributed by atoms with Gasteiger partial charge in [0, 0.05) is 25.7 Å². The van der Waals surface area contributed by atoms with Crippen molar-refractivity contribution in [2.24, 2.45) is 0 Å². The smallest absolute Gasteiger partial charge is 0.259 e. The first-order valence-electron chi connectivity index (χ1n) is 12.9. The van der Waals surface area contributed by atoms with Crippen molar-refractivity contribution >= 4 is 45.5 Å². The first-order valence-corrected chi connectivity index (χ1v) is 12.9. The van der Waals surface area contributed by atoms with Gasteiger partial charge in [0.05, 0.1) is 33.5 Å². The number of carbonyl (C=O) groups excluding carboxylic acids is 1. The number of H-pyrrole nitrogens is 1. The molecule has 1 aliphatic rings. The minimum atomic E-state index is -0.548. The first-order chi connectivity index (χ1) is 18.5. The molecule has 4 rings (SSSR count). The maximum Gasteiger partial charge on any atom is 0.259 e. The van der Waals surface area contributed by atoms with Crippen molar-refractivity contribution in [2.45, 2.75) is 12.8 Å². The predicted octanol–water partition coefficient (Wildman–Crippen LogP) is 3.45. The fourth-order valence-corrected chi connectivity index (χ4v) is 4.52. The Labute approximate surface area is 226 Å². The number of aromatic nitrogens is 2. The molecule has 0 bridgehead atoms. The Balaban J connectivity index is 1.62. The van der Waals surface area contributed by atoms with Crippen LogP contribution in [-0.4, -0.2) is 87.1 Å². The molecule has 1 amide bonds. The molecule has 0 saturated heterocycles. The lowest BCUT2D eigenvalue weighted by atomic mass is 10.1. The number of benzene rings is 2. The van der Waals surface area contributed by atoms with Gasteiger partial charge in [-0.2, -0.15) is 0 Å². The summed E-state index contributed by atoms with van der Waals surface area (Å²) in [6.45, 7) is 2.92. The van der Waals surface area contributed by atoms with Gasteiger partial charge in [-0.05, 0) is 84.5 Å². The lowest BCUT2D eigenvalue weighted by Crippen LogP contribution is -2.24. The van der Waals surface area contributed by atoms with Crippen LogP contribution < -0.4 is 21.1 Å². The van der Waals surface area contributed by atoms with E-state index in [0.717, 1.165) is 32.0 Å². The second-order valence-electron chi connectivity index (χ2n) is 10.3. The Morgan fingerprint density at radius 3 is 2.36 bits per heavy atom. The zero-order chi connectivity index (χ0) is 28.3. The molecule has 2 aromatic carbocycles. The minimum absolute atomic E-state index is 0.0951. The summed E-state index contributed by atoms with van der Waals surface area (Å²) in [4.78, 5) is 38.5. The summed E-state index contributed by atoms with van der Waals surface area (Å²) in [7, 11) is 9.71. The van der Waals surface area contributed by atoms with E-state index < -0.39 is 23.1 Å². The molecule has 0 atom stereocenters. The maximum atomic E-state index is 15.1. The van der Waals surface area contributed by atoms with Gasteiger partial charge < -0.3 is 30.3 Å². The van der Waals surface area contributed by atoms with E-state index in [9.17, 15) is 14.0 Å². The van der Waals surface area contributed by atoms with Crippen LogP contribution in [0.4, 0.5) is 25.8 Å². The summed E-state index contributed by atoms with van der Waals surface area (Å²) in [6, 6.07) is 5.57. The van der Waals surface area contributed by atoms with Crippen molar-refractivity contribution in [3.05, 3.63) is 57.6 Å². The van der Waals surface area contributed by atoms with E-state index in [-0.39, 0.29) is 28.0 Å². The first kappa shape index (κ1) is 28.2. The third-order valence-electron chi connectivity index (χ3n) is 6.57. The lowest BCUT2D eigenvalue weighted by Gasteiger charge is -2.21. The molecule has 3 N–H and O–H groups in total. The quantitative estimate of drug-likeness (QED) is 0.254. The van der Waals surface area contributed by atoms with Gasteiger partial charge >= 0.3 is 0 Å². The van der Waals surface area contributed by atoms with Gasteiger partial charge in [-0.15, -0.1) is 0 Å². The van der Waals surface area contributed by atoms with Crippen LogP contribution in [0.2, 0.25) is 0 Å². The highest BCUT2D eigenvalue weighted by Crippen LogP contribution is 2.37. The fourth-order valence-electron chi connectivity index (χ4n) is 4.52. The number of fused-ring (bicyclic) bond motifs is 2. The van der Waals surface area contributed by atoms with Crippen molar-refractivity contribution in [2.75, 3.05) is 77.0 Å². The summed E-state index contributed by atoms with van der Waals surface area (Å²) in [5.74, 6) is -1.32. The number of carbonyl (C=O) groups is 1. The van der Waals surface area contributed by atoms with Crippen LogP contribution in [0.15, 0.2) is 29.1 Å². The van der Waals surface area contributed by atoms with Gasteiger partial charge in [-0.3, -0.25) is 9.59 Å². The molecule has 3 aromatic rings. The van der Waals surface area contributed by atoms with E-state index in [1.54, 1.807) is 6.07 Å². The Bertz CT molecular complexity index is 1470. The fraction of sp³-hybridized carbons (Fsp3) is 0.393. The second kappa shape index (κ2) is 11.9. The third-order valence-corrected chi connectivity index (χ3v) is 6.57. The highest BCUT2D eigenvalue weighted by molar-refractivity contribution is 6.35. The number of nitrogens with one attached hydrogen (secondary N) is 3. The molecule has 1 aromatic heterocycles. The summed E-state index contributed by atoms with van der Waals surface area (Å²) < 4.78 is 29.7. The van der Waals surface area contributed by atoms with Crippen molar-refractivity contribution in [1.29, 1.82) is 0 Å². The van der Waals surface area contributed by atoms with Crippen molar-refractivity contribution in [1.82, 2.24) is 19.8 Å². The molecule has 0 aliphatic carbocycles. The Hall–Kier alpha value is -3.83. The molecular weight excluding hydrogens is 504 g/mol. The number of hydrogen-bond acceptors (Lipinski definition) is 7. The second-order valence-corrected chi connectivity index (χ2v) is 10.3. The number of anilines is 3. The number of rotatable bonds is 11. The normalized spacial score (nSPS) is 14.0. The van der Waals surface area contributed by atoms with Gasteiger partial charge in [0.15, 0.2) is 0 Å². The van der Waals surface area contributed by atoms with Crippen molar-refractivity contribution < 1.29 is 13.6 Å². The molecule has 9 nitrogen and oxygen atoms in total. The number of halogens is 2. The van der Waals surface area contributed by atoms with E-state index in [4.69, 9.17) is 0 Å². The number of hydrogen-bond donors (Lipinski definition) is 3. The average molecular weight is 540 g/mol. The van der Waals surface area contributed by atoms with Gasteiger partial charge in [0.2, 0.25) is 0 Å². The molecule has 11 heteroatoms. The average Bonchev–Trinajstić information content (AvgIpc) is 3.15. The molecular formula is C28H35F2N7O2. The van der Waals surface area contributed by atoms with E-state index in [1.807, 2.05) is 45.0 Å². The zero-order valence-electron chi connectivity index (χ0n) is 23.0. The van der Waals surface area contributed by atoms with E-state index in [2.05, 4.69) is 25.5 Å². The van der Waals surface area contributed by atoms with Crippen LogP contribution >= 0.6 is 0 Å². The zero-order valence-corrected chi connectivity index (χ0v) is 23.0. The van der Waals surface area contributed by atoms with Crippen LogP contribution in [0.5, 0.6) is 0 Å². The van der Waals surface area contributed by atoms with Crippen LogP contribution in [0.25, 0.3) is 22.6 Å². The molecule has 208 valence electrons. The Morgan fingerprint density at radius 1 is 0.923 bits per heavy atom. The van der Waals surface area contributed by atoms with Crippen LogP contribution in [0, 0.1) is 11.6 Å². The largest absolute Gasteiger partial charge is 0.383 e. The van der Waals surface area contributed by atoms with Crippen LogP contribution in [0.3, 0.4) is 0 Å². The predicted molar refractivity (Wildman–Crippen MR) is 153 cm³/mol. The van der Waals surface area contributed by atoms with Gasteiger partial charge in [-0.25, -0.2) is 13.8 Å². The molecule has 1 aliphatic heterocycles. The number of nitrogens with zero attached hydrogens (tertiary/aromatic N) is 4. The third kappa shape index (κ3) is 6.61. The molecule has 39 heavy (non-hydrogen) atoms.